The molecule has 0 bridgehead atoms. The van der Waals surface area contributed by atoms with Crippen molar-refractivity contribution in [3.05, 3.63) is 0 Å². The molecule has 1 aliphatic carbocycles. The molecule has 2 fully saturated rings. The summed E-state index contributed by atoms with van der Waals surface area (Å²) < 4.78 is 5.66. The molecule has 1 aliphatic heterocycles. The molecule has 0 aromatic rings. The Bertz CT molecular complexity index is 300. The third kappa shape index (κ3) is 5.22. The Hall–Kier alpha value is -0.120. The second-order valence-electron chi connectivity index (χ2n) is 8.06. The highest BCUT2D eigenvalue weighted by Crippen LogP contribution is 2.37. The minimum Gasteiger partial charge on any atom is -0.381 e. The third-order valence-corrected chi connectivity index (χ3v) is 5.38. The van der Waals surface area contributed by atoms with Crippen LogP contribution < -0.4 is 5.32 Å². The van der Waals surface area contributed by atoms with Crippen LogP contribution in [0, 0.1) is 11.3 Å². The van der Waals surface area contributed by atoms with Gasteiger partial charge in [0.25, 0.3) is 0 Å². The van der Waals surface area contributed by atoms with Crippen molar-refractivity contribution in [2.24, 2.45) is 11.3 Å². The maximum atomic E-state index is 5.66. The molecule has 0 aromatic heterocycles. The number of nitrogens with one attached hydrogen (secondary N) is 1. The average Bonchev–Trinajstić information content (AvgIpc) is 2.46. The molecule has 3 atom stereocenters. The molecule has 0 aromatic carbocycles. The first-order valence-corrected chi connectivity index (χ1v) is 9.03. The molecule has 1 saturated heterocycles. The van der Waals surface area contributed by atoms with Gasteiger partial charge in [0, 0.05) is 25.2 Å². The van der Waals surface area contributed by atoms with Crippen LogP contribution in [0.3, 0.4) is 0 Å². The van der Waals surface area contributed by atoms with Gasteiger partial charge in [0.05, 0.1) is 6.61 Å². The standard InChI is InChI=1S/C18H36N2O/c1-5-10-19-16-8-9-18(2,3)12-17(16)20(4)13-15-7-6-11-21-14-15/h15-17,19H,5-14H2,1-4H3. The Balaban J connectivity index is 1.92. The molecule has 0 spiro atoms. The summed E-state index contributed by atoms with van der Waals surface area (Å²) in [6.45, 7) is 11.4. The maximum Gasteiger partial charge on any atom is 0.0506 e. The fourth-order valence-electron chi connectivity index (χ4n) is 4.07. The lowest BCUT2D eigenvalue weighted by Gasteiger charge is -2.46. The van der Waals surface area contributed by atoms with E-state index in [0.29, 0.717) is 17.5 Å². The molecule has 124 valence electrons. The highest BCUT2D eigenvalue weighted by molar-refractivity contribution is 4.94. The van der Waals surface area contributed by atoms with E-state index in [-0.39, 0.29) is 0 Å². The van der Waals surface area contributed by atoms with E-state index in [1.165, 1.54) is 45.1 Å². The van der Waals surface area contributed by atoms with E-state index in [1.54, 1.807) is 0 Å². The first-order valence-electron chi connectivity index (χ1n) is 9.03. The van der Waals surface area contributed by atoms with Crippen molar-refractivity contribution in [2.45, 2.75) is 71.4 Å². The molecule has 3 unspecified atom stereocenters. The fraction of sp³-hybridized carbons (Fsp3) is 1.00. The predicted molar refractivity (Wildman–Crippen MR) is 89.7 cm³/mol. The van der Waals surface area contributed by atoms with Crippen molar-refractivity contribution >= 4 is 0 Å². The quantitative estimate of drug-likeness (QED) is 0.814. The summed E-state index contributed by atoms with van der Waals surface area (Å²) in [4.78, 5) is 2.63. The summed E-state index contributed by atoms with van der Waals surface area (Å²) in [5.41, 5.74) is 0.492. The summed E-state index contributed by atoms with van der Waals surface area (Å²) in [5, 5.41) is 3.80. The van der Waals surface area contributed by atoms with Crippen LogP contribution in [0.4, 0.5) is 0 Å². The summed E-state index contributed by atoms with van der Waals surface area (Å²) in [7, 11) is 2.33. The molecular formula is C18H36N2O. The van der Waals surface area contributed by atoms with Gasteiger partial charge in [0.15, 0.2) is 0 Å². The molecule has 3 nitrogen and oxygen atoms in total. The largest absolute Gasteiger partial charge is 0.381 e. The van der Waals surface area contributed by atoms with Gasteiger partial charge in [-0.05, 0) is 63.5 Å². The van der Waals surface area contributed by atoms with E-state index in [2.05, 4.69) is 38.0 Å². The summed E-state index contributed by atoms with van der Waals surface area (Å²) in [6, 6.07) is 1.36. The van der Waals surface area contributed by atoms with Gasteiger partial charge in [0.2, 0.25) is 0 Å². The monoisotopic (exact) mass is 296 g/mol. The van der Waals surface area contributed by atoms with Gasteiger partial charge in [-0.3, -0.25) is 0 Å². The molecular weight excluding hydrogens is 260 g/mol. The van der Waals surface area contributed by atoms with Gasteiger partial charge in [-0.1, -0.05) is 20.8 Å². The van der Waals surface area contributed by atoms with Crippen LogP contribution in [0.1, 0.15) is 59.3 Å². The minimum absolute atomic E-state index is 0.492. The van der Waals surface area contributed by atoms with Crippen molar-refractivity contribution in [3.63, 3.8) is 0 Å². The van der Waals surface area contributed by atoms with Crippen molar-refractivity contribution in [2.75, 3.05) is 33.4 Å². The zero-order valence-corrected chi connectivity index (χ0v) is 14.7. The number of rotatable bonds is 6. The second-order valence-corrected chi connectivity index (χ2v) is 8.06. The van der Waals surface area contributed by atoms with Crippen molar-refractivity contribution in [3.8, 4) is 0 Å². The van der Waals surface area contributed by atoms with Gasteiger partial charge in [-0.15, -0.1) is 0 Å². The molecule has 3 heteroatoms. The molecule has 0 amide bonds. The van der Waals surface area contributed by atoms with Crippen LogP contribution >= 0.6 is 0 Å². The van der Waals surface area contributed by atoms with E-state index in [1.807, 2.05) is 0 Å². The summed E-state index contributed by atoms with van der Waals surface area (Å²) in [6.07, 6.45) is 7.80. The number of hydrogen-bond donors (Lipinski definition) is 1. The lowest BCUT2D eigenvalue weighted by atomic mass is 9.72. The molecule has 2 rings (SSSR count). The van der Waals surface area contributed by atoms with Crippen LogP contribution in [0.25, 0.3) is 0 Å². The van der Waals surface area contributed by atoms with Crippen molar-refractivity contribution in [1.29, 1.82) is 0 Å². The third-order valence-electron chi connectivity index (χ3n) is 5.38. The Morgan fingerprint density at radius 1 is 1.29 bits per heavy atom. The summed E-state index contributed by atoms with van der Waals surface area (Å²) in [5.74, 6) is 0.737. The van der Waals surface area contributed by atoms with Crippen molar-refractivity contribution in [1.82, 2.24) is 10.2 Å². The molecule has 1 N–H and O–H groups in total. The topological polar surface area (TPSA) is 24.5 Å². The van der Waals surface area contributed by atoms with E-state index in [4.69, 9.17) is 4.74 Å². The summed E-state index contributed by atoms with van der Waals surface area (Å²) >= 11 is 0. The fourth-order valence-corrected chi connectivity index (χ4v) is 4.07. The van der Waals surface area contributed by atoms with E-state index >= 15 is 0 Å². The van der Waals surface area contributed by atoms with E-state index < -0.39 is 0 Å². The molecule has 21 heavy (non-hydrogen) atoms. The van der Waals surface area contributed by atoms with Crippen LogP contribution in [0.15, 0.2) is 0 Å². The zero-order valence-electron chi connectivity index (χ0n) is 14.7. The number of hydrogen-bond acceptors (Lipinski definition) is 3. The van der Waals surface area contributed by atoms with Gasteiger partial charge < -0.3 is 15.0 Å². The van der Waals surface area contributed by atoms with Crippen LogP contribution in [-0.2, 0) is 4.74 Å². The molecule has 1 saturated carbocycles. The number of nitrogens with zero attached hydrogens (tertiary/aromatic N) is 1. The van der Waals surface area contributed by atoms with Gasteiger partial charge in [-0.25, -0.2) is 0 Å². The Kier molecular flexibility index (Phi) is 6.51. The predicted octanol–water partition coefficient (Wildman–Crippen LogP) is 3.29. The molecule has 0 radical (unpaired) electrons. The van der Waals surface area contributed by atoms with Crippen LogP contribution in [-0.4, -0.2) is 50.3 Å². The number of likely N-dealkylation sites (N-methyl/N-ethyl adjacent to an activating group) is 1. The van der Waals surface area contributed by atoms with E-state index in [9.17, 15) is 0 Å². The van der Waals surface area contributed by atoms with Gasteiger partial charge >= 0.3 is 0 Å². The van der Waals surface area contributed by atoms with Gasteiger partial charge in [-0.2, -0.15) is 0 Å². The Morgan fingerprint density at radius 2 is 2.10 bits per heavy atom. The molecule has 1 heterocycles. The average molecular weight is 296 g/mol. The Morgan fingerprint density at radius 3 is 2.76 bits per heavy atom. The zero-order chi connectivity index (χ0) is 15.3. The molecule has 2 aliphatic rings. The van der Waals surface area contributed by atoms with E-state index in [0.717, 1.165) is 25.7 Å². The maximum absolute atomic E-state index is 5.66. The highest BCUT2D eigenvalue weighted by Gasteiger charge is 2.37. The van der Waals surface area contributed by atoms with Crippen molar-refractivity contribution < 1.29 is 4.74 Å². The minimum atomic E-state index is 0.492. The first kappa shape index (κ1) is 17.2. The highest BCUT2D eigenvalue weighted by atomic mass is 16.5. The Labute approximate surface area is 131 Å². The van der Waals surface area contributed by atoms with Gasteiger partial charge in [0.1, 0.15) is 0 Å². The number of ether oxygens (including phenoxy) is 1. The normalized spacial score (nSPS) is 33.3. The van der Waals surface area contributed by atoms with Crippen LogP contribution in [0.2, 0.25) is 0 Å². The SMILES string of the molecule is CCCNC1CCC(C)(C)CC1N(C)CC1CCCOC1. The lowest BCUT2D eigenvalue weighted by molar-refractivity contribution is 0.0187. The van der Waals surface area contributed by atoms with Crippen LogP contribution in [0.5, 0.6) is 0 Å². The lowest BCUT2D eigenvalue weighted by Crippen LogP contribution is -2.54. The first-order chi connectivity index (χ1) is 10.0. The second kappa shape index (κ2) is 7.94. The smallest absolute Gasteiger partial charge is 0.0506 e.